The van der Waals surface area contributed by atoms with Crippen molar-refractivity contribution in [3.63, 3.8) is 0 Å². The van der Waals surface area contributed by atoms with Gasteiger partial charge in [0.25, 0.3) is 5.91 Å². The molecule has 0 aliphatic rings. The van der Waals surface area contributed by atoms with Gasteiger partial charge < -0.3 is 9.47 Å². The molecule has 138 valence electrons. The Balaban J connectivity index is 1.94. The zero-order valence-electron chi connectivity index (χ0n) is 14.6. The summed E-state index contributed by atoms with van der Waals surface area (Å²) in [5, 5.41) is 0. The number of benzene rings is 2. The van der Waals surface area contributed by atoms with Crippen molar-refractivity contribution in [1.29, 1.82) is 0 Å². The summed E-state index contributed by atoms with van der Waals surface area (Å²) in [5.41, 5.74) is 5.64. The van der Waals surface area contributed by atoms with Crippen molar-refractivity contribution in [2.75, 3.05) is 20.0 Å². The van der Waals surface area contributed by atoms with Crippen LogP contribution in [0.3, 0.4) is 0 Å². The van der Waals surface area contributed by atoms with Crippen molar-refractivity contribution < 1.29 is 23.5 Å². The van der Waals surface area contributed by atoms with Crippen LogP contribution in [0.2, 0.25) is 0 Å². The van der Waals surface area contributed by atoms with E-state index in [1.165, 1.54) is 20.3 Å². The second-order valence-corrected chi connectivity index (χ2v) is 6.24. The van der Waals surface area contributed by atoms with Crippen LogP contribution in [0.5, 0.6) is 11.5 Å². The second-order valence-electron chi connectivity index (χ2n) is 5.23. The molecule has 0 saturated heterocycles. The molecular weight excluding hydrogens is 359 g/mol. The lowest BCUT2D eigenvalue weighted by molar-refractivity contribution is -0.119. The van der Waals surface area contributed by atoms with E-state index in [9.17, 15) is 14.0 Å². The predicted octanol–water partition coefficient (Wildman–Crippen LogP) is 2.70. The highest BCUT2D eigenvalue weighted by Gasteiger charge is 2.14. The Bertz CT molecular complexity index is 789. The van der Waals surface area contributed by atoms with Crippen LogP contribution in [0.25, 0.3) is 0 Å². The van der Waals surface area contributed by atoms with Gasteiger partial charge in [0.2, 0.25) is 5.91 Å². The molecule has 2 amide bonds. The summed E-state index contributed by atoms with van der Waals surface area (Å²) < 4.78 is 23.9. The molecule has 0 aromatic heterocycles. The van der Waals surface area contributed by atoms with Crippen LogP contribution in [0.15, 0.2) is 41.3 Å². The van der Waals surface area contributed by atoms with Crippen LogP contribution in [-0.4, -0.2) is 31.8 Å². The number of ether oxygens (including phenoxy) is 2. The van der Waals surface area contributed by atoms with Crippen LogP contribution in [0, 0.1) is 12.7 Å². The average Bonchev–Trinajstić information content (AvgIpc) is 2.65. The first-order chi connectivity index (χ1) is 12.5. The van der Waals surface area contributed by atoms with E-state index in [1.807, 2.05) is 0 Å². The molecule has 0 radical (unpaired) electrons. The zero-order valence-corrected chi connectivity index (χ0v) is 15.4. The average molecular weight is 378 g/mol. The monoisotopic (exact) mass is 378 g/mol. The van der Waals surface area contributed by atoms with Crippen LogP contribution < -0.4 is 20.3 Å². The number of carbonyl (C=O) groups is 2. The van der Waals surface area contributed by atoms with E-state index in [1.54, 1.807) is 37.3 Å². The molecule has 0 heterocycles. The van der Waals surface area contributed by atoms with Crippen molar-refractivity contribution in [1.82, 2.24) is 10.9 Å². The molecule has 0 aliphatic heterocycles. The van der Waals surface area contributed by atoms with Crippen molar-refractivity contribution in [2.45, 2.75) is 11.8 Å². The molecule has 0 unspecified atom stereocenters. The first kappa shape index (κ1) is 19.6. The minimum atomic E-state index is -0.522. The summed E-state index contributed by atoms with van der Waals surface area (Å²) >= 11 is 1.04. The number of carbonyl (C=O) groups excluding carboxylic acids is 2. The maximum Gasteiger partial charge on any atom is 0.269 e. The maximum atomic E-state index is 13.5. The number of methoxy groups -OCH3 is 2. The number of rotatable bonds is 6. The van der Waals surface area contributed by atoms with E-state index in [2.05, 4.69) is 10.9 Å². The fourth-order valence-electron chi connectivity index (χ4n) is 2.16. The van der Waals surface area contributed by atoms with Gasteiger partial charge in [-0.1, -0.05) is 12.1 Å². The minimum Gasteiger partial charge on any atom is -0.496 e. The van der Waals surface area contributed by atoms with Gasteiger partial charge in [-0.2, -0.15) is 0 Å². The highest BCUT2D eigenvalue weighted by Crippen LogP contribution is 2.29. The molecule has 0 atom stereocenters. The lowest BCUT2D eigenvalue weighted by Gasteiger charge is -2.13. The number of hydrogen-bond acceptors (Lipinski definition) is 5. The maximum absolute atomic E-state index is 13.5. The number of halogens is 1. The molecule has 0 aliphatic carbocycles. The molecular formula is C18H19FN2O4S. The molecule has 8 heteroatoms. The van der Waals surface area contributed by atoms with Crippen molar-refractivity contribution in [3.8, 4) is 11.5 Å². The van der Waals surface area contributed by atoms with E-state index in [0.29, 0.717) is 16.4 Å². The normalized spacial score (nSPS) is 10.2. The Morgan fingerprint density at radius 1 is 1.08 bits per heavy atom. The van der Waals surface area contributed by atoms with Gasteiger partial charge in [-0.05, 0) is 31.2 Å². The minimum absolute atomic E-state index is 0.0399. The van der Waals surface area contributed by atoms with Crippen LogP contribution >= 0.6 is 11.8 Å². The molecule has 2 N–H and O–H groups in total. The van der Waals surface area contributed by atoms with Gasteiger partial charge >= 0.3 is 0 Å². The largest absolute Gasteiger partial charge is 0.496 e. The molecule has 2 aromatic rings. The lowest BCUT2D eigenvalue weighted by Crippen LogP contribution is -2.42. The summed E-state index contributed by atoms with van der Waals surface area (Å²) in [6.45, 7) is 1.81. The molecule has 0 spiro atoms. The first-order valence-electron chi connectivity index (χ1n) is 7.65. The van der Waals surface area contributed by atoms with Gasteiger partial charge in [-0.15, -0.1) is 11.8 Å². The molecule has 26 heavy (non-hydrogen) atoms. The van der Waals surface area contributed by atoms with Gasteiger partial charge in [0.15, 0.2) is 0 Å². The molecule has 2 rings (SSSR count). The summed E-state index contributed by atoms with van der Waals surface area (Å²) in [6, 6.07) is 9.25. The smallest absolute Gasteiger partial charge is 0.269 e. The molecule has 0 saturated carbocycles. The summed E-state index contributed by atoms with van der Waals surface area (Å²) in [6.07, 6.45) is 0. The highest BCUT2D eigenvalue weighted by atomic mass is 32.2. The first-order valence-corrected chi connectivity index (χ1v) is 8.64. The highest BCUT2D eigenvalue weighted by molar-refractivity contribution is 8.00. The number of hydrogen-bond donors (Lipinski definition) is 2. The molecule has 2 aromatic carbocycles. The topological polar surface area (TPSA) is 76.7 Å². The second kappa shape index (κ2) is 9.10. The predicted molar refractivity (Wildman–Crippen MR) is 97.0 cm³/mol. The fraction of sp³-hybridized carbons (Fsp3) is 0.222. The Kier molecular flexibility index (Phi) is 6.85. The van der Waals surface area contributed by atoms with E-state index in [0.717, 1.165) is 17.3 Å². The zero-order chi connectivity index (χ0) is 19.1. The Labute approximate surface area is 155 Å². The Morgan fingerprint density at radius 2 is 1.69 bits per heavy atom. The van der Waals surface area contributed by atoms with Crippen molar-refractivity contribution in [2.24, 2.45) is 0 Å². The standard InChI is InChI=1S/C18H19FN2O4S/c1-11-14(24-2)8-12(9-15(11)25-3)18(23)21-20-17(22)10-26-16-7-5-4-6-13(16)19/h4-9H,10H2,1-3H3,(H,20,22)(H,21,23). The van der Waals surface area contributed by atoms with E-state index >= 15 is 0 Å². The van der Waals surface area contributed by atoms with Gasteiger partial charge in [-0.3, -0.25) is 20.4 Å². The SMILES string of the molecule is COc1cc(C(=O)NNC(=O)CSc2ccccc2F)cc(OC)c1C. The number of thioether (sulfide) groups is 1. The number of nitrogens with one attached hydrogen (secondary N) is 2. The van der Waals surface area contributed by atoms with Crippen LogP contribution in [0.1, 0.15) is 15.9 Å². The Morgan fingerprint density at radius 3 is 2.27 bits per heavy atom. The van der Waals surface area contributed by atoms with E-state index in [-0.39, 0.29) is 11.3 Å². The van der Waals surface area contributed by atoms with Gasteiger partial charge in [0, 0.05) is 16.0 Å². The molecule has 0 fully saturated rings. The third-order valence-corrected chi connectivity index (χ3v) is 4.57. The molecule has 6 nitrogen and oxygen atoms in total. The van der Waals surface area contributed by atoms with Crippen molar-refractivity contribution in [3.05, 3.63) is 53.3 Å². The van der Waals surface area contributed by atoms with Gasteiger partial charge in [-0.25, -0.2) is 4.39 Å². The van der Waals surface area contributed by atoms with Gasteiger partial charge in [0.1, 0.15) is 17.3 Å². The molecule has 0 bridgehead atoms. The van der Waals surface area contributed by atoms with E-state index < -0.39 is 17.6 Å². The van der Waals surface area contributed by atoms with Gasteiger partial charge in [0.05, 0.1) is 20.0 Å². The lowest BCUT2D eigenvalue weighted by atomic mass is 10.1. The van der Waals surface area contributed by atoms with E-state index in [4.69, 9.17) is 9.47 Å². The summed E-state index contributed by atoms with van der Waals surface area (Å²) in [4.78, 5) is 24.4. The van der Waals surface area contributed by atoms with Crippen LogP contribution in [-0.2, 0) is 4.79 Å². The Hall–Kier alpha value is -2.74. The summed E-state index contributed by atoms with van der Waals surface area (Å²) in [5.74, 6) is -0.426. The van der Waals surface area contributed by atoms with Crippen LogP contribution in [0.4, 0.5) is 4.39 Å². The number of amides is 2. The third-order valence-electron chi connectivity index (χ3n) is 3.53. The third kappa shape index (κ3) is 4.89. The quantitative estimate of drug-likeness (QED) is 0.597. The summed E-state index contributed by atoms with van der Waals surface area (Å²) in [7, 11) is 2.98. The van der Waals surface area contributed by atoms with Crippen molar-refractivity contribution >= 4 is 23.6 Å². The fourth-order valence-corrected chi connectivity index (χ4v) is 2.90. The number of hydrazine groups is 1.